The number of rotatable bonds is 18. The molecule has 2 aromatic rings. The number of ether oxygens (including phenoxy) is 4. The Bertz CT molecular complexity index is 820. The van der Waals surface area contributed by atoms with Crippen molar-refractivity contribution in [1.82, 2.24) is 0 Å². The van der Waals surface area contributed by atoms with Crippen molar-refractivity contribution in [3.8, 4) is 5.75 Å². The number of carbonyl (C=O) groups excluding carboxylic acids is 1. The van der Waals surface area contributed by atoms with Crippen molar-refractivity contribution in [1.29, 1.82) is 0 Å². The number of hydrogen-bond donors (Lipinski definition) is 0. The maximum Gasteiger partial charge on any atom is 0.150 e. The van der Waals surface area contributed by atoms with Crippen LogP contribution in [0.25, 0.3) is 0 Å². The molecule has 33 heavy (non-hydrogen) atoms. The number of hydrogen-bond acceptors (Lipinski definition) is 7. The van der Waals surface area contributed by atoms with E-state index >= 15 is 0 Å². The van der Waals surface area contributed by atoms with E-state index in [9.17, 15) is 4.79 Å². The van der Waals surface area contributed by atoms with Crippen molar-refractivity contribution in [2.45, 2.75) is 12.8 Å². The summed E-state index contributed by atoms with van der Waals surface area (Å²) in [6.45, 7) is 5.01. The third-order valence-electron chi connectivity index (χ3n) is 4.56. The van der Waals surface area contributed by atoms with Gasteiger partial charge in [0.25, 0.3) is 0 Å². The van der Waals surface area contributed by atoms with Crippen LogP contribution in [0.3, 0.4) is 0 Å². The van der Waals surface area contributed by atoms with Crippen LogP contribution in [-0.2, 0) is 14.2 Å². The Kier molecular flexibility index (Phi) is 14.1. The molecule has 0 radical (unpaired) electrons. The van der Waals surface area contributed by atoms with Gasteiger partial charge in [-0.2, -0.15) is 0 Å². The Morgan fingerprint density at radius 1 is 0.636 bits per heavy atom. The van der Waals surface area contributed by atoms with Gasteiger partial charge in [-0.15, -0.1) is 0 Å². The van der Waals surface area contributed by atoms with Gasteiger partial charge in [0.15, 0.2) is 0 Å². The summed E-state index contributed by atoms with van der Waals surface area (Å²) in [6.07, 6.45) is 6.24. The van der Waals surface area contributed by atoms with E-state index in [2.05, 4.69) is 9.98 Å². The van der Waals surface area contributed by atoms with Crippen molar-refractivity contribution >= 4 is 18.7 Å². The largest absolute Gasteiger partial charge is 0.497 e. The van der Waals surface area contributed by atoms with E-state index in [1.807, 2.05) is 48.8 Å². The molecular weight excluding hydrogens is 420 g/mol. The summed E-state index contributed by atoms with van der Waals surface area (Å²) in [4.78, 5) is 19.4. The number of methoxy groups -OCH3 is 1. The number of carbonyl (C=O) groups is 1. The van der Waals surface area contributed by atoms with Crippen molar-refractivity contribution < 1.29 is 23.7 Å². The standard InChI is InChI=1S/C26H34N2O5/c1-30-26-10-8-24(9-11-26)21-28-13-3-15-32-17-19-33-18-16-31-14-2-12-27-20-23-4-6-25(22-29)7-5-23/h4-11,20-22H,2-3,12-19H2,1H3. The molecule has 0 bridgehead atoms. The molecule has 7 nitrogen and oxygen atoms in total. The SMILES string of the molecule is COc1ccc(C=NCCCOCCOCCOCCCN=Cc2ccc(C=O)cc2)cc1. The van der Waals surface area contributed by atoms with Crippen LogP contribution in [0.2, 0.25) is 0 Å². The molecule has 0 unspecified atom stereocenters. The average Bonchev–Trinajstić information content (AvgIpc) is 2.86. The molecule has 0 spiro atoms. The predicted octanol–water partition coefficient (Wildman–Crippen LogP) is 3.88. The summed E-state index contributed by atoms with van der Waals surface area (Å²) < 4.78 is 21.7. The molecule has 0 saturated heterocycles. The van der Waals surface area contributed by atoms with Crippen LogP contribution in [0.15, 0.2) is 58.5 Å². The van der Waals surface area contributed by atoms with Gasteiger partial charge in [-0.05, 0) is 48.2 Å². The Morgan fingerprint density at radius 2 is 1.06 bits per heavy atom. The molecule has 0 N–H and O–H groups in total. The van der Waals surface area contributed by atoms with E-state index in [4.69, 9.17) is 18.9 Å². The van der Waals surface area contributed by atoms with Crippen molar-refractivity contribution in [2.24, 2.45) is 9.98 Å². The molecule has 0 heterocycles. The Hall–Kier alpha value is -2.87. The quantitative estimate of drug-likeness (QED) is 0.194. The van der Waals surface area contributed by atoms with Gasteiger partial charge in [0, 0.05) is 44.3 Å². The van der Waals surface area contributed by atoms with Gasteiger partial charge in [0.05, 0.1) is 33.5 Å². The summed E-state index contributed by atoms with van der Waals surface area (Å²) >= 11 is 0. The zero-order chi connectivity index (χ0) is 23.4. The molecule has 0 aromatic heterocycles. The minimum atomic E-state index is 0.557. The lowest BCUT2D eigenvalue weighted by molar-refractivity contribution is 0.0143. The zero-order valence-corrected chi connectivity index (χ0v) is 19.4. The molecule has 0 saturated carbocycles. The predicted molar refractivity (Wildman–Crippen MR) is 131 cm³/mol. The Morgan fingerprint density at radius 3 is 1.52 bits per heavy atom. The lowest BCUT2D eigenvalue weighted by atomic mass is 10.2. The molecule has 2 aromatic carbocycles. The summed E-state index contributed by atoms with van der Waals surface area (Å²) in [6, 6.07) is 15.1. The van der Waals surface area contributed by atoms with Crippen LogP contribution in [0.5, 0.6) is 5.75 Å². The normalized spacial score (nSPS) is 11.4. The summed E-state index contributed by atoms with van der Waals surface area (Å²) in [5.41, 5.74) is 2.71. The first-order chi connectivity index (χ1) is 16.3. The Labute approximate surface area is 196 Å². The monoisotopic (exact) mass is 454 g/mol. The van der Waals surface area contributed by atoms with Crippen LogP contribution in [0.1, 0.15) is 34.3 Å². The average molecular weight is 455 g/mol. The fourth-order valence-electron chi connectivity index (χ4n) is 2.75. The van der Waals surface area contributed by atoms with Crippen LogP contribution in [-0.4, -0.2) is 78.6 Å². The molecule has 0 atom stereocenters. The van der Waals surface area contributed by atoms with E-state index in [1.54, 1.807) is 19.2 Å². The summed E-state index contributed by atoms with van der Waals surface area (Å²) in [7, 11) is 1.66. The van der Waals surface area contributed by atoms with Crippen LogP contribution >= 0.6 is 0 Å². The fraction of sp³-hybridized carbons (Fsp3) is 0.423. The summed E-state index contributed by atoms with van der Waals surface area (Å²) in [5.74, 6) is 0.843. The van der Waals surface area contributed by atoms with E-state index in [0.29, 0.717) is 51.7 Å². The second-order valence-corrected chi connectivity index (χ2v) is 7.17. The van der Waals surface area contributed by atoms with Crippen molar-refractivity contribution in [2.75, 3.05) is 59.8 Å². The molecule has 7 heteroatoms. The minimum Gasteiger partial charge on any atom is -0.497 e. The fourth-order valence-corrected chi connectivity index (χ4v) is 2.75. The highest BCUT2D eigenvalue weighted by molar-refractivity contribution is 5.82. The first-order valence-corrected chi connectivity index (χ1v) is 11.2. The maximum absolute atomic E-state index is 10.6. The molecule has 0 aliphatic carbocycles. The molecule has 0 fully saturated rings. The molecule has 0 aliphatic rings. The second kappa shape index (κ2) is 17.7. The maximum atomic E-state index is 10.6. The first kappa shape index (κ1) is 26.4. The van der Waals surface area contributed by atoms with Gasteiger partial charge in [-0.1, -0.05) is 24.3 Å². The lowest BCUT2D eigenvalue weighted by Crippen LogP contribution is -2.10. The van der Waals surface area contributed by atoms with Gasteiger partial charge in [-0.25, -0.2) is 0 Å². The smallest absolute Gasteiger partial charge is 0.150 e. The lowest BCUT2D eigenvalue weighted by Gasteiger charge is -2.06. The number of benzene rings is 2. The van der Waals surface area contributed by atoms with Gasteiger partial charge >= 0.3 is 0 Å². The molecule has 0 aliphatic heterocycles. The Balaban J connectivity index is 1.33. The van der Waals surface area contributed by atoms with Crippen LogP contribution in [0.4, 0.5) is 0 Å². The van der Waals surface area contributed by atoms with Gasteiger partial charge in [-0.3, -0.25) is 14.8 Å². The van der Waals surface area contributed by atoms with Crippen molar-refractivity contribution in [3.63, 3.8) is 0 Å². The highest BCUT2D eigenvalue weighted by atomic mass is 16.5. The highest BCUT2D eigenvalue weighted by Crippen LogP contribution is 2.09. The number of nitrogens with zero attached hydrogens (tertiary/aromatic N) is 2. The van der Waals surface area contributed by atoms with Gasteiger partial charge in [0.2, 0.25) is 0 Å². The van der Waals surface area contributed by atoms with E-state index in [0.717, 1.165) is 42.5 Å². The minimum absolute atomic E-state index is 0.557. The molecule has 0 amide bonds. The molecular formula is C26H34N2O5. The first-order valence-electron chi connectivity index (χ1n) is 11.2. The molecule has 2 rings (SSSR count). The number of aliphatic imine (C=N–C) groups is 2. The van der Waals surface area contributed by atoms with E-state index in [-0.39, 0.29) is 0 Å². The third-order valence-corrected chi connectivity index (χ3v) is 4.56. The second-order valence-electron chi connectivity index (χ2n) is 7.17. The third kappa shape index (κ3) is 12.7. The van der Waals surface area contributed by atoms with Crippen LogP contribution in [0, 0.1) is 0 Å². The topological polar surface area (TPSA) is 78.7 Å². The van der Waals surface area contributed by atoms with Crippen LogP contribution < -0.4 is 4.74 Å². The highest BCUT2D eigenvalue weighted by Gasteiger charge is 1.94. The van der Waals surface area contributed by atoms with E-state index in [1.165, 1.54) is 0 Å². The van der Waals surface area contributed by atoms with Crippen molar-refractivity contribution in [3.05, 3.63) is 65.2 Å². The molecule has 178 valence electrons. The van der Waals surface area contributed by atoms with E-state index < -0.39 is 0 Å². The van der Waals surface area contributed by atoms with Gasteiger partial charge < -0.3 is 18.9 Å². The zero-order valence-electron chi connectivity index (χ0n) is 19.4. The number of aldehydes is 1. The van der Waals surface area contributed by atoms with Gasteiger partial charge in [0.1, 0.15) is 12.0 Å². The summed E-state index contributed by atoms with van der Waals surface area (Å²) in [5, 5.41) is 0.